The second-order valence-corrected chi connectivity index (χ2v) is 6.06. The molecule has 0 bridgehead atoms. The van der Waals surface area contributed by atoms with Crippen molar-refractivity contribution in [3.8, 4) is 0 Å². The van der Waals surface area contributed by atoms with Crippen LogP contribution in [0.2, 0.25) is 0 Å². The third-order valence-electron chi connectivity index (χ3n) is 4.35. The van der Waals surface area contributed by atoms with Crippen molar-refractivity contribution in [3.63, 3.8) is 0 Å². The molecule has 1 aliphatic rings. The molecule has 1 heterocycles. The van der Waals surface area contributed by atoms with E-state index in [9.17, 15) is 9.18 Å². The lowest BCUT2D eigenvalue weighted by atomic mass is 9.81. The smallest absolute Gasteiger partial charge is 0.437 e. The summed E-state index contributed by atoms with van der Waals surface area (Å²) < 4.78 is 23.6. The van der Waals surface area contributed by atoms with Crippen LogP contribution in [0, 0.1) is 5.82 Å². The Bertz CT molecular complexity index is 870. The van der Waals surface area contributed by atoms with Crippen LogP contribution in [0.1, 0.15) is 30.9 Å². The first-order valence-corrected chi connectivity index (χ1v) is 8.26. The number of hydrogen-bond donors (Lipinski definition) is 1. The van der Waals surface area contributed by atoms with Crippen molar-refractivity contribution >= 4 is 11.7 Å². The first-order valence-electron chi connectivity index (χ1n) is 8.26. The number of carbonyl (C=O) groups excluding carboxylic acids is 1. The molecule has 1 atom stereocenters. The standard InChI is InChI=1S/C21H20FNO3/c1-13-18(15-7-5-4-6-8-15)19(16-9-11-17(22)12-10-16)20(14(2)23-13)26-21(24)25-3/h4-12,19,23H,1-3H3. The number of halogens is 1. The summed E-state index contributed by atoms with van der Waals surface area (Å²) in [6, 6.07) is 16.0. The lowest BCUT2D eigenvalue weighted by molar-refractivity contribution is 0.0929. The molecule has 1 N–H and O–H groups in total. The van der Waals surface area contributed by atoms with Gasteiger partial charge in [0.25, 0.3) is 0 Å². The topological polar surface area (TPSA) is 47.6 Å². The molecule has 0 aliphatic carbocycles. The minimum absolute atomic E-state index is 0.319. The molecule has 1 unspecified atom stereocenters. The van der Waals surface area contributed by atoms with Crippen LogP contribution in [-0.2, 0) is 9.47 Å². The minimum Gasteiger partial charge on any atom is -0.437 e. The van der Waals surface area contributed by atoms with Crippen LogP contribution in [0.4, 0.5) is 9.18 Å². The van der Waals surface area contributed by atoms with E-state index in [1.165, 1.54) is 19.2 Å². The van der Waals surface area contributed by atoms with E-state index in [-0.39, 0.29) is 11.7 Å². The first kappa shape index (κ1) is 17.7. The number of carbonyl (C=O) groups is 1. The van der Waals surface area contributed by atoms with E-state index in [2.05, 4.69) is 10.1 Å². The van der Waals surface area contributed by atoms with Gasteiger partial charge >= 0.3 is 6.16 Å². The third kappa shape index (κ3) is 3.47. The normalized spacial score (nSPS) is 17.0. The number of dihydropyridines is 1. The number of allylic oxidation sites excluding steroid dienone is 3. The molecule has 1 aliphatic heterocycles. The molecule has 0 amide bonds. The average Bonchev–Trinajstić information content (AvgIpc) is 2.65. The lowest BCUT2D eigenvalue weighted by Crippen LogP contribution is -2.26. The van der Waals surface area contributed by atoms with E-state index in [4.69, 9.17) is 4.74 Å². The van der Waals surface area contributed by atoms with E-state index in [0.29, 0.717) is 11.5 Å². The van der Waals surface area contributed by atoms with Gasteiger partial charge in [-0.3, -0.25) is 0 Å². The molecular formula is C21H20FNO3. The number of rotatable bonds is 3. The van der Waals surface area contributed by atoms with Crippen LogP contribution < -0.4 is 5.32 Å². The Morgan fingerprint density at radius 1 is 1.00 bits per heavy atom. The summed E-state index contributed by atoms with van der Waals surface area (Å²) in [5.74, 6) is -0.243. The van der Waals surface area contributed by atoms with E-state index >= 15 is 0 Å². The fourth-order valence-corrected chi connectivity index (χ4v) is 3.22. The van der Waals surface area contributed by atoms with Crippen molar-refractivity contribution in [1.82, 2.24) is 5.32 Å². The number of methoxy groups -OCH3 is 1. The summed E-state index contributed by atoms with van der Waals surface area (Å²) in [5.41, 5.74) is 4.43. The first-order chi connectivity index (χ1) is 12.5. The summed E-state index contributed by atoms with van der Waals surface area (Å²) in [6.07, 6.45) is -0.791. The molecule has 0 spiro atoms. The Hall–Kier alpha value is -3.08. The lowest BCUT2D eigenvalue weighted by Gasteiger charge is -2.31. The molecule has 5 heteroatoms. The number of nitrogens with one attached hydrogen (secondary N) is 1. The number of benzene rings is 2. The Balaban J connectivity index is 2.16. The second-order valence-electron chi connectivity index (χ2n) is 6.06. The number of hydrogen-bond acceptors (Lipinski definition) is 4. The van der Waals surface area contributed by atoms with Gasteiger partial charge < -0.3 is 14.8 Å². The predicted octanol–water partition coefficient (Wildman–Crippen LogP) is 4.96. The van der Waals surface area contributed by atoms with Crippen LogP contribution in [0.25, 0.3) is 5.57 Å². The molecule has 134 valence electrons. The van der Waals surface area contributed by atoms with Crippen molar-refractivity contribution < 1.29 is 18.7 Å². The Kier molecular flexibility index (Phi) is 5.07. The Morgan fingerprint density at radius 3 is 2.27 bits per heavy atom. The van der Waals surface area contributed by atoms with E-state index < -0.39 is 6.16 Å². The molecule has 2 aromatic rings. The van der Waals surface area contributed by atoms with E-state index in [0.717, 1.165) is 22.4 Å². The van der Waals surface area contributed by atoms with Gasteiger partial charge in [-0.25, -0.2) is 9.18 Å². The fraction of sp³-hybridized carbons (Fsp3) is 0.190. The molecule has 0 saturated heterocycles. The molecular weight excluding hydrogens is 333 g/mol. The van der Waals surface area contributed by atoms with Gasteiger partial charge in [0.2, 0.25) is 0 Å². The molecule has 4 nitrogen and oxygen atoms in total. The van der Waals surface area contributed by atoms with Gasteiger partial charge in [-0.15, -0.1) is 0 Å². The highest BCUT2D eigenvalue weighted by Crippen LogP contribution is 2.43. The maximum Gasteiger partial charge on any atom is 0.513 e. The summed E-state index contributed by atoms with van der Waals surface area (Å²) in [5, 5.41) is 3.27. The van der Waals surface area contributed by atoms with Crippen molar-refractivity contribution in [2.24, 2.45) is 0 Å². The maximum atomic E-state index is 13.4. The van der Waals surface area contributed by atoms with Crippen LogP contribution >= 0.6 is 0 Å². The predicted molar refractivity (Wildman–Crippen MR) is 97.5 cm³/mol. The van der Waals surface area contributed by atoms with Gasteiger partial charge in [-0.1, -0.05) is 42.5 Å². The molecule has 3 rings (SSSR count). The molecule has 0 radical (unpaired) electrons. The van der Waals surface area contributed by atoms with Gasteiger partial charge in [-0.2, -0.15) is 0 Å². The van der Waals surface area contributed by atoms with E-state index in [1.54, 1.807) is 12.1 Å². The Morgan fingerprint density at radius 2 is 1.65 bits per heavy atom. The van der Waals surface area contributed by atoms with Crippen molar-refractivity contribution in [2.45, 2.75) is 19.8 Å². The van der Waals surface area contributed by atoms with Crippen LogP contribution in [0.15, 0.2) is 71.8 Å². The summed E-state index contributed by atoms with van der Waals surface area (Å²) in [6.45, 7) is 3.80. The van der Waals surface area contributed by atoms with Gasteiger partial charge in [-0.05, 0) is 42.7 Å². The maximum absolute atomic E-state index is 13.4. The molecule has 26 heavy (non-hydrogen) atoms. The van der Waals surface area contributed by atoms with Gasteiger partial charge in [0.15, 0.2) is 0 Å². The zero-order valence-corrected chi connectivity index (χ0v) is 14.9. The van der Waals surface area contributed by atoms with Gasteiger partial charge in [0.05, 0.1) is 18.7 Å². The van der Waals surface area contributed by atoms with Crippen LogP contribution in [0.5, 0.6) is 0 Å². The van der Waals surface area contributed by atoms with Crippen LogP contribution in [0.3, 0.4) is 0 Å². The largest absolute Gasteiger partial charge is 0.513 e. The Labute approximate surface area is 151 Å². The van der Waals surface area contributed by atoms with Crippen molar-refractivity contribution in [3.05, 3.63) is 88.7 Å². The minimum atomic E-state index is -0.791. The summed E-state index contributed by atoms with van der Waals surface area (Å²) in [7, 11) is 1.26. The summed E-state index contributed by atoms with van der Waals surface area (Å²) in [4.78, 5) is 11.8. The SMILES string of the molecule is COC(=O)OC1=C(C)NC(C)=C(c2ccccc2)C1c1ccc(F)cc1. The number of ether oxygens (including phenoxy) is 2. The fourth-order valence-electron chi connectivity index (χ4n) is 3.22. The highest BCUT2D eigenvalue weighted by atomic mass is 19.1. The van der Waals surface area contributed by atoms with Gasteiger partial charge in [0, 0.05) is 5.70 Å². The zero-order valence-electron chi connectivity index (χ0n) is 14.9. The summed E-state index contributed by atoms with van der Waals surface area (Å²) >= 11 is 0. The molecule has 0 saturated carbocycles. The molecule has 0 aromatic heterocycles. The van der Waals surface area contributed by atoms with Crippen molar-refractivity contribution in [1.29, 1.82) is 0 Å². The second kappa shape index (κ2) is 7.44. The monoisotopic (exact) mass is 353 g/mol. The quantitative estimate of drug-likeness (QED) is 0.793. The van der Waals surface area contributed by atoms with Crippen molar-refractivity contribution in [2.75, 3.05) is 7.11 Å². The highest BCUT2D eigenvalue weighted by Gasteiger charge is 2.33. The highest BCUT2D eigenvalue weighted by molar-refractivity contribution is 5.79. The van der Waals surface area contributed by atoms with Crippen LogP contribution in [-0.4, -0.2) is 13.3 Å². The zero-order chi connectivity index (χ0) is 18.7. The molecule has 2 aromatic carbocycles. The third-order valence-corrected chi connectivity index (χ3v) is 4.35. The molecule has 0 fully saturated rings. The van der Waals surface area contributed by atoms with Gasteiger partial charge in [0.1, 0.15) is 11.6 Å². The van der Waals surface area contributed by atoms with E-state index in [1.807, 2.05) is 44.2 Å². The average molecular weight is 353 g/mol.